The predicted molar refractivity (Wildman–Crippen MR) is 53.7 cm³/mol. The van der Waals surface area contributed by atoms with E-state index in [1.54, 1.807) is 12.1 Å². The summed E-state index contributed by atoms with van der Waals surface area (Å²) in [6.45, 7) is -1.14. The maximum Gasteiger partial charge on any atom is 0.184 e. The van der Waals surface area contributed by atoms with Gasteiger partial charge in [0.05, 0.1) is 0 Å². The molecular formula is C6H5Cl3NP. The molecule has 1 aromatic rings. The third-order valence-electron chi connectivity index (χ3n) is 1.06. The fourth-order valence-corrected chi connectivity index (χ4v) is 1.68. The molecule has 60 valence electrons. The Morgan fingerprint density at radius 2 is 1.64 bits per heavy atom. The molecule has 0 aliphatic rings. The van der Waals surface area contributed by atoms with E-state index < -0.39 is 6.78 Å². The van der Waals surface area contributed by atoms with Crippen molar-refractivity contribution in [1.29, 1.82) is 0 Å². The zero-order valence-electron chi connectivity index (χ0n) is 5.39. The molecule has 0 saturated heterocycles. The van der Waals surface area contributed by atoms with E-state index in [0.29, 0.717) is 5.02 Å². The summed E-state index contributed by atoms with van der Waals surface area (Å²) >= 11 is 16.7. The van der Waals surface area contributed by atoms with E-state index >= 15 is 0 Å². The lowest BCUT2D eigenvalue weighted by Gasteiger charge is -2.04. The van der Waals surface area contributed by atoms with E-state index in [-0.39, 0.29) is 0 Å². The zero-order valence-corrected chi connectivity index (χ0v) is 8.55. The van der Waals surface area contributed by atoms with Crippen LogP contribution in [0.2, 0.25) is 5.02 Å². The highest BCUT2D eigenvalue weighted by Crippen LogP contribution is 2.46. The van der Waals surface area contributed by atoms with Gasteiger partial charge in [0.25, 0.3) is 0 Å². The number of hydrogen-bond acceptors (Lipinski definition) is 1. The Morgan fingerprint density at radius 3 is 2.09 bits per heavy atom. The lowest BCUT2D eigenvalue weighted by molar-refractivity contribution is 1.68. The number of nitrogens with one attached hydrogen (secondary N) is 1. The minimum Gasteiger partial charge on any atom is -0.340 e. The summed E-state index contributed by atoms with van der Waals surface area (Å²) in [5.41, 5.74) is 0.880. The van der Waals surface area contributed by atoms with Crippen molar-refractivity contribution in [3.63, 3.8) is 0 Å². The van der Waals surface area contributed by atoms with E-state index in [1.807, 2.05) is 12.1 Å². The Hall–Kier alpha value is 0.320. The molecule has 11 heavy (non-hydrogen) atoms. The Labute approximate surface area is 81.0 Å². The van der Waals surface area contributed by atoms with Crippen molar-refractivity contribution in [1.82, 2.24) is 0 Å². The average molecular weight is 228 g/mol. The van der Waals surface area contributed by atoms with Gasteiger partial charge in [0.2, 0.25) is 0 Å². The van der Waals surface area contributed by atoms with Crippen molar-refractivity contribution in [2.75, 3.05) is 5.09 Å². The van der Waals surface area contributed by atoms with Crippen molar-refractivity contribution in [3.05, 3.63) is 29.3 Å². The number of rotatable bonds is 2. The molecule has 0 aliphatic heterocycles. The van der Waals surface area contributed by atoms with E-state index in [9.17, 15) is 0 Å². The third-order valence-corrected chi connectivity index (χ3v) is 2.24. The summed E-state index contributed by atoms with van der Waals surface area (Å²) in [5, 5.41) is 3.57. The second kappa shape index (κ2) is 4.37. The van der Waals surface area contributed by atoms with Crippen molar-refractivity contribution >= 4 is 46.5 Å². The largest absolute Gasteiger partial charge is 0.340 e. The van der Waals surface area contributed by atoms with Crippen LogP contribution in [0.25, 0.3) is 0 Å². The van der Waals surface area contributed by atoms with Crippen molar-refractivity contribution in [2.24, 2.45) is 0 Å². The number of halogens is 3. The maximum atomic E-state index is 5.66. The highest BCUT2D eigenvalue weighted by molar-refractivity contribution is 8.04. The molecule has 0 saturated carbocycles. The smallest absolute Gasteiger partial charge is 0.184 e. The summed E-state index contributed by atoms with van der Waals surface area (Å²) in [4.78, 5) is 0. The van der Waals surface area contributed by atoms with E-state index in [1.165, 1.54) is 0 Å². The van der Waals surface area contributed by atoms with Crippen LogP contribution in [0, 0.1) is 0 Å². The van der Waals surface area contributed by atoms with Gasteiger partial charge in [-0.2, -0.15) is 0 Å². The Kier molecular flexibility index (Phi) is 3.74. The van der Waals surface area contributed by atoms with Gasteiger partial charge in [-0.25, -0.2) is 0 Å². The van der Waals surface area contributed by atoms with Crippen LogP contribution in [0.4, 0.5) is 5.69 Å². The van der Waals surface area contributed by atoms with Crippen molar-refractivity contribution in [2.45, 2.75) is 0 Å². The molecule has 0 atom stereocenters. The SMILES string of the molecule is Clc1ccc(NP(Cl)Cl)cc1. The number of benzene rings is 1. The molecule has 1 N–H and O–H groups in total. The van der Waals surface area contributed by atoms with Crippen molar-refractivity contribution in [3.8, 4) is 0 Å². The van der Waals surface area contributed by atoms with Crippen LogP contribution in [0.15, 0.2) is 24.3 Å². The Morgan fingerprint density at radius 1 is 1.09 bits per heavy atom. The van der Waals surface area contributed by atoms with Crippen LogP contribution < -0.4 is 5.09 Å². The molecular weight excluding hydrogens is 223 g/mol. The van der Waals surface area contributed by atoms with Crippen LogP contribution in [-0.4, -0.2) is 0 Å². The normalized spacial score (nSPS) is 10.2. The van der Waals surface area contributed by atoms with E-state index in [2.05, 4.69) is 5.09 Å². The lowest BCUT2D eigenvalue weighted by atomic mass is 10.3. The van der Waals surface area contributed by atoms with Gasteiger partial charge in [0, 0.05) is 10.7 Å². The molecule has 1 aromatic carbocycles. The van der Waals surface area contributed by atoms with Gasteiger partial charge in [0.1, 0.15) is 0 Å². The lowest BCUT2D eigenvalue weighted by Crippen LogP contribution is -1.81. The second-order valence-electron chi connectivity index (χ2n) is 1.85. The first-order chi connectivity index (χ1) is 5.18. The van der Waals surface area contributed by atoms with Gasteiger partial charge in [0.15, 0.2) is 6.78 Å². The molecule has 0 aliphatic carbocycles. The molecule has 0 fully saturated rings. The fraction of sp³-hybridized carbons (Fsp3) is 0. The quantitative estimate of drug-likeness (QED) is 0.737. The van der Waals surface area contributed by atoms with Crippen LogP contribution in [0.3, 0.4) is 0 Å². The first-order valence-corrected chi connectivity index (χ1v) is 6.35. The van der Waals surface area contributed by atoms with Gasteiger partial charge in [-0.15, -0.1) is 0 Å². The zero-order chi connectivity index (χ0) is 8.27. The number of hydrogen-bond donors (Lipinski definition) is 1. The Balaban J connectivity index is 2.66. The second-order valence-corrected chi connectivity index (χ2v) is 5.52. The summed E-state index contributed by atoms with van der Waals surface area (Å²) in [7, 11) is 0. The van der Waals surface area contributed by atoms with Gasteiger partial charge in [-0.1, -0.05) is 34.1 Å². The Bertz CT molecular complexity index is 224. The molecule has 5 heteroatoms. The van der Waals surface area contributed by atoms with Crippen molar-refractivity contribution < 1.29 is 0 Å². The average Bonchev–Trinajstić information content (AvgIpc) is 1.93. The molecule has 1 nitrogen and oxygen atoms in total. The molecule has 1 rings (SSSR count). The molecule has 0 heterocycles. The first kappa shape index (κ1) is 9.41. The minimum atomic E-state index is -1.14. The first-order valence-electron chi connectivity index (χ1n) is 2.82. The molecule has 0 bridgehead atoms. The van der Waals surface area contributed by atoms with Gasteiger partial charge in [-0.3, -0.25) is 0 Å². The molecule has 0 unspecified atom stereocenters. The van der Waals surface area contributed by atoms with E-state index in [0.717, 1.165) is 5.69 Å². The minimum absolute atomic E-state index is 0.698. The highest BCUT2D eigenvalue weighted by atomic mass is 35.9. The predicted octanol–water partition coefficient (Wildman–Crippen LogP) is 4.46. The molecule has 0 radical (unpaired) electrons. The van der Waals surface area contributed by atoms with Gasteiger partial charge >= 0.3 is 0 Å². The van der Waals surface area contributed by atoms with Gasteiger partial charge < -0.3 is 5.09 Å². The standard InChI is InChI=1S/C6H5Cl3NP/c7-5-1-3-6(4-2-5)10-11(8)9/h1-4,10H. The van der Waals surface area contributed by atoms with Crippen LogP contribution >= 0.6 is 40.9 Å². The molecule has 0 amide bonds. The molecule has 0 aromatic heterocycles. The van der Waals surface area contributed by atoms with Crippen LogP contribution in [0.5, 0.6) is 0 Å². The fourth-order valence-electron chi connectivity index (χ4n) is 0.622. The van der Waals surface area contributed by atoms with Crippen LogP contribution in [-0.2, 0) is 0 Å². The highest BCUT2D eigenvalue weighted by Gasteiger charge is 1.97. The summed E-state index contributed by atoms with van der Waals surface area (Å²) in [5.74, 6) is 0. The molecule has 0 spiro atoms. The van der Waals surface area contributed by atoms with E-state index in [4.69, 9.17) is 34.1 Å². The summed E-state index contributed by atoms with van der Waals surface area (Å²) in [6, 6.07) is 7.19. The third kappa shape index (κ3) is 3.48. The van der Waals surface area contributed by atoms with Gasteiger partial charge in [-0.05, 0) is 24.3 Å². The number of anilines is 1. The monoisotopic (exact) mass is 227 g/mol. The van der Waals surface area contributed by atoms with Crippen LogP contribution in [0.1, 0.15) is 0 Å². The summed E-state index contributed by atoms with van der Waals surface area (Å²) in [6.07, 6.45) is 0. The topological polar surface area (TPSA) is 12.0 Å². The maximum absolute atomic E-state index is 5.66. The summed E-state index contributed by atoms with van der Waals surface area (Å²) < 4.78 is 0.